The molecule has 0 amide bonds. The van der Waals surface area contributed by atoms with Crippen LogP contribution < -0.4 is 0 Å². The van der Waals surface area contributed by atoms with Crippen LogP contribution in [0.3, 0.4) is 0 Å². The molecule has 2 aromatic rings. The molecule has 0 aliphatic rings. The van der Waals surface area contributed by atoms with Crippen molar-refractivity contribution in [3.05, 3.63) is 21.3 Å². The predicted molar refractivity (Wildman–Crippen MR) is 63.8 cm³/mol. The van der Waals surface area contributed by atoms with Crippen molar-refractivity contribution >= 4 is 34.7 Å². The Bertz CT molecular complexity index is 458. The predicted octanol–water partition coefficient (Wildman–Crippen LogP) is 1.67. The van der Waals surface area contributed by atoms with Gasteiger partial charge in [0.1, 0.15) is 0 Å². The standard InChI is InChI=1S/C8H9ClN4OS2/c9-7-2-1-6(16-7)5-15-8-10-11-12-13(8)3-4-14/h1-2,14H,3-5H2. The second-order valence-corrected chi connectivity index (χ2v) is 5.64. The molecule has 0 bridgehead atoms. The van der Waals surface area contributed by atoms with Gasteiger partial charge >= 0.3 is 0 Å². The molecule has 1 N–H and O–H groups in total. The lowest BCUT2D eigenvalue weighted by Crippen LogP contribution is -2.05. The molecule has 0 aliphatic carbocycles. The normalized spacial score (nSPS) is 10.9. The number of tetrazole rings is 1. The molecule has 0 unspecified atom stereocenters. The van der Waals surface area contributed by atoms with E-state index in [1.807, 2.05) is 12.1 Å². The minimum absolute atomic E-state index is 0.0312. The maximum absolute atomic E-state index is 8.81. The fourth-order valence-electron chi connectivity index (χ4n) is 1.10. The maximum atomic E-state index is 8.81. The molecule has 0 spiro atoms. The van der Waals surface area contributed by atoms with Crippen LogP contribution in [0.15, 0.2) is 17.3 Å². The van der Waals surface area contributed by atoms with E-state index >= 15 is 0 Å². The molecule has 0 atom stereocenters. The first-order valence-electron chi connectivity index (χ1n) is 4.53. The lowest BCUT2D eigenvalue weighted by molar-refractivity contribution is 0.262. The molecule has 16 heavy (non-hydrogen) atoms. The Morgan fingerprint density at radius 1 is 1.50 bits per heavy atom. The number of aliphatic hydroxyl groups is 1. The van der Waals surface area contributed by atoms with Gasteiger partial charge in [-0.25, -0.2) is 4.68 Å². The van der Waals surface area contributed by atoms with Gasteiger partial charge in [-0.2, -0.15) is 0 Å². The Labute approximate surface area is 105 Å². The largest absolute Gasteiger partial charge is 0.394 e. The minimum Gasteiger partial charge on any atom is -0.394 e. The van der Waals surface area contributed by atoms with Crippen molar-refractivity contribution in [3.8, 4) is 0 Å². The summed E-state index contributed by atoms with van der Waals surface area (Å²) in [6, 6.07) is 3.86. The van der Waals surface area contributed by atoms with E-state index in [9.17, 15) is 0 Å². The number of halogens is 1. The highest BCUT2D eigenvalue weighted by Crippen LogP contribution is 2.27. The summed E-state index contributed by atoms with van der Waals surface area (Å²) in [5.41, 5.74) is 0. The number of aliphatic hydroxyl groups excluding tert-OH is 1. The number of thioether (sulfide) groups is 1. The summed E-state index contributed by atoms with van der Waals surface area (Å²) in [4.78, 5) is 1.17. The van der Waals surface area contributed by atoms with E-state index in [0.717, 1.165) is 10.1 Å². The Morgan fingerprint density at radius 3 is 3.06 bits per heavy atom. The van der Waals surface area contributed by atoms with Crippen LogP contribution in [-0.4, -0.2) is 31.9 Å². The lowest BCUT2D eigenvalue weighted by Gasteiger charge is -2.00. The maximum Gasteiger partial charge on any atom is 0.209 e. The van der Waals surface area contributed by atoms with Crippen molar-refractivity contribution in [1.29, 1.82) is 0 Å². The third kappa shape index (κ3) is 2.94. The first-order chi connectivity index (χ1) is 7.79. The molecule has 0 saturated heterocycles. The SMILES string of the molecule is OCCn1nnnc1SCc1ccc(Cl)s1. The van der Waals surface area contributed by atoms with Gasteiger partial charge in [-0.05, 0) is 22.6 Å². The van der Waals surface area contributed by atoms with E-state index in [4.69, 9.17) is 16.7 Å². The van der Waals surface area contributed by atoms with Crippen LogP contribution in [0, 0.1) is 0 Å². The summed E-state index contributed by atoms with van der Waals surface area (Å²) in [6.45, 7) is 0.448. The number of nitrogens with zero attached hydrogens (tertiary/aromatic N) is 4. The molecule has 86 valence electrons. The van der Waals surface area contributed by atoms with E-state index in [0.29, 0.717) is 11.7 Å². The fourth-order valence-corrected chi connectivity index (χ4v) is 3.13. The summed E-state index contributed by atoms with van der Waals surface area (Å²) in [5.74, 6) is 0.781. The monoisotopic (exact) mass is 276 g/mol. The summed E-state index contributed by atoms with van der Waals surface area (Å²) in [6.07, 6.45) is 0. The zero-order valence-corrected chi connectivity index (χ0v) is 10.6. The van der Waals surface area contributed by atoms with Crippen LogP contribution >= 0.6 is 34.7 Å². The van der Waals surface area contributed by atoms with Crippen molar-refractivity contribution < 1.29 is 5.11 Å². The molecule has 2 heterocycles. The smallest absolute Gasteiger partial charge is 0.209 e. The number of aromatic nitrogens is 4. The van der Waals surface area contributed by atoms with Crippen LogP contribution in [0.25, 0.3) is 0 Å². The highest BCUT2D eigenvalue weighted by molar-refractivity contribution is 7.98. The molecule has 0 radical (unpaired) electrons. The van der Waals surface area contributed by atoms with Gasteiger partial charge in [-0.3, -0.25) is 0 Å². The highest BCUT2D eigenvalue weighted by Gasteiger charge is 2.07. The molecule has 0 fully saturated rings. The topological polar surface area (TPSA) is 63.8 Å². The zero-order valence-electron chi connectivity index (χ0n) is 8.21. The summed E-state index contributed by atoms with van der Waals surface area (Å²) in [5, 5.41) is 20.7. The zero-order chi connectivity index (χ0) is 11.4. The summed E-state index contributed by atoms with van der Waals surface area (Å²) in [7, 11) is 0. The molecule has 5 nitrogen and oxygen atoms in total. The van der Waals surface area contributed by atoms with Gasteiger partial charge in [0.25, 0.3) is 0 Å². The van der Waals surface area contributed by atoms with Gasteiger partial charge in [-0.1, -0.05) is 23.4 Å². The number of thiophene rings is 1. The fraction of sp³-hybridized carbons (Fsp3) is 0.375. The second kappa shape index (κ2) is 5.62. The van der Waals surface area contributed by atoms with Crippen molar-refractivity contribution in [2.45, 2.75) is 17.5 Å². The summed E-state index contributed by atoms with van der Waals surface area (Å²) < 4.78 is 2.37. The van der Waals surface area contributed by atoms with Gasteiger partial charge < -0.3 is 5.11 Å². The van der Waals surface area contributed by atoms with Crippen LogP contribution in [0.5, 0.6) is 0 Å². The molecule has 0 aliphatic heterocycles. The van der Waals surface area contributed by atoms with Gasteiger partial charge in [0, 0.05) is 10.6 Å². The van der Waals surface area contributed by atoms with Gasteiger partial charge in [0.05, 0.1) is 17.5 Å². The highest BCUT2D eigenvalue weighted by atomic mass is 35.5. The van der Waals surface area contributed by atoms with Gasteiger partial charge in [-0.15, -0.1) is 16.4 Å². The average Bonchev–Trinajstić information content (AvgIpc) is 2.85. The van der Waals surface area contributed by atoms with Crippen molar-refractivity contribution in [1.82, 2.24) is 20.2 Å². The second-order valence-electron chi connectivity index (χ2n) is 2.90. The van der Waals surface area contributed by atoms with Crippen molar-refractivity contribution in [2.75, 3.05) is 6.61 Å². The van der Waals surface area contributed by atoms with Gasteiger partial charge in [0.15, 0.2) is 0 Å². The van der Waals surface area contributed by atoms with Gasteiger partial charge in [0.2, 0.25) is 5.16 Å². The first-order valence-corrected chi connectivity index (χ1v) is 6.71. The van der Waals surface area contributed by atoms with E-state index in [1.54, 1.807) is 16.0 Å². The molecular weight excluding hydrogens is 268 g/mol. The average molecular weight is 277 g/mol. The van der Waals surface area contributed by atoms with Crippen LogP contribution in [-0.2, 0) is 12.3 Å². The molecule has 2 rings (SSSR count). The van der Waals surface area contributed by atoms with Crippen molar-refractivity contribution in [2.24, 2.45) is 0 Å². The molecular formula is C8H9ClN4OS2. The molecule has 2 aromatic heterocycles. The number of hydrogen-bond donors (Lipinski definition) is 1. The third-order valence-electron chi connectivity index (χ3n) is 1.78. The Morgan fingerprint density at radius 2 is 2.38 bits per heavy atom. The number of rotatable bonds is 5. The Hall–Kier alpha value is -0.630. The Balaban J connectivity index is 1.96. The number of hydrogen-bond acceptors (Lipinski definition) is 6. The quantitative estimate of drug-likeness (QED) is 0.842. The molecule has 8 heteroatoms. The summed E-state index contributed by atoms with van der Waals surface area (Å²) >= 11 is 8.91. The van der Waals surface area contributed by atoms with Crippen LogP contribution in [0.1, 0.15) is 4.88 Å². The molecule has 0 saturated carbocycles. The van der Waals surface area contributed by atoms with E-state index in [1.165, 1.54) is 16.6 Å². The van der Waals surface area contributed by atoms with E-state index in [-0.39, 0.29) is 6.61 Å². The first kappa shape index (κ1) is 11.8. The lowest BCUT2D eigenvalue weighted by atomic mass is 10.5. The Kier molecular flexibility index (Phi) is 4.16. The third-order valence-corrected chi connectivity index (χ3v) is 4.20. The van der Waals surface area contributed by atoms with Crippen LogP contribution in [0.2, 0.25) is 4.34 Å². The minimum atomic E-state index is 0.0312. The van der Waals surface area contributed by atoms with E-state index in [2.05, 4.69) is 15.5 Å². The molecule has 0 aromatic carbocycles. The van der Waals surface area contributed by atoms with E-state index < -0.39 is 0 Å². The van der Waals surface area contributed by atoms with Crippen molar-refractivity contribution in [3.63, 3.8) is 0 Å². The van der Waals surface area contributed by atoms with Crippen LogP contribution in [0.4, 0.5) is 0 Å².